The van der Waals surface area contributed by atoms with E-state index in [0.29, 0.717) is 37.4 Å². The van der Waals surface area contributed by atoms with Crippen molar-refractivity contribution < 1.29 is 24.5 Å². The van der Waals surface area contributed by atoms with Gasteiger partial charge in [0.2, 0.25) is 0 Å². The maximum absolute atomic E-state index is 12.3. The third kappa shape index (κ3) is 10.7. The van der Waals surface area contributed by atoms with Crippen molar-refractivity contribution in [2.75, 3.05) is 6.61 Å². The predicted octanol–water partition coefficient (Wildman–Crippen LogP) is 6.41. The smallest absolute Gasteiger partial charge is 0.344 e. The summed E-state index contributed by atoms with van der Waals surface area (Å²) in [6, 6.07) is 12.7. The van der Waals surface area contributed by atoms with Crippen LogP contribution in [0.4, 0.5) is 0 Å². The molecular formula is C31H46O5. The minimum atomic E-state index is -0.384. The topological polar surface area (TPSA) is 76.0 Å². The van der Waals surface area contributed by atoms with Crippen LogP contribution in [0.15, 0.2) is 36.4 Å². The van der Waals surface area contributed by atoms with E-state index in [1.807, 2.05) is 19.1 Å². The van der Waals surface area contributed by atoms with Crippen molar-refractivity contribution in [2.24, 2.45) is 0 Å². The van der Waals surface area contributed by atoms with E-state index in [4.69, 9.17) is 9.47 Å². The molecule has 3 unspecified atom stereocenters. The van der Waals surface area contributed by atoms with E-state index in [2.05, 4.69) is 52.0 Å². The first kappa shape index (κ1) is 29.9. The number of carbonyl (C=O) groups is 1. The fraction of sp³-hybridized carbons (Fsp3) is 0.581. The third-order valence-electron chi connectivity index (χ3n) is 6.66. The second-order valence-electron chi connectivity index (χ2n) is 10.6. The quantitative estimate of drug-likeness (QED) is 0.278. The van der Waals surface area contributed by atoms with Gasteiger partial charge in [-0.05, 0) is 119 Å². The van der Waals surface area contributed by atoms with Gasteiger partial charge in [0, 0.05) is 0 Å². The van der Waals surface area contributed by atoms with Gasteiger partial charge < -0.3 is 19.7 Å². The van der Waals surface area contributed by atoms with Gasteiger partial charge in [-0.2, -0.15) is 0 Å². The molecule has 5 nitrogen and oxygen atoms in total. The number of aliphatic hydroxyl groups excluding tert-OH is 2. The van der Waals surface area contributed by atoms with Crippen LogP contribution in [0.2, 0.25) is 0 Å². The van der Waals surface area contributed by atoms with Crippen molar-refractivity contribution in [1.29, 1.82) is 0 Å². The van der Waals surface area contributed by atoms with Crippen LogP contribution in [0.5, 0.6) is 5.75 Å². The highest BCUT2D eigenvalue weighted by molar-refractivity contribution is 5.71. The first-order valence-corrected chi connectivity index (χ1v) is 13.4. The minimum absolute atomic E-state index is 0.124. The van der Waals surface area contributed by atoms with Gasteiger partial charge in [-0.3, -0.25) is 0 Å². The molecule has 0 radical (unpaired) electrons. The number of hydrogen-bond donors (Lipinski definition) is 2. The molecule has 0 aliphatic carbocycles. The Kier molecular flexibility index (Phi) is 12.5. The molecule has 0 aliphatic rings. The lowest BCUT2D eigenvalue weighted by Crippen LogP contribution is -2.21. The Morgan fingerprint density at radius 3 is 2.14 bits per heavy atom. The van der Waals surface area contributed by atoms with Gasteiger partial charge in [0.1, 0.15) is 5.75 Å². The number of aliphatic hydroxyl groups is 2. The Morgan fingerprint density at radius 2 is 1.53 bits per heavy atom. The molecule has 0 aliphatic heterocycles. The number of rotatable bonds is 15. The summed E-state index contributed by atoms with van der Waals surface area (Å²) in [7, 11) is 0. The zero-order valence-corrected chi connectivity index (χ0v) is 23.0. The molecule has 2 rings (SSSR count). The van der Waals surface area contributed by atoms with Gasteiger partial charge in [-0.1, -0.05) is 38.1 Å². The molecule has 0 saturated carbocycles. The Labute approximate surface area is 217 Å². The highest BCUT2D eigenvalue weighted by Gasteiger charge is 2.14. The van der Waals surface area contributed by atoms with E-state index in [-0.39, 0.29) is 30.9 Å². The predicted molar refractivity (Wildman–Crippen MR) is 146 cm³/mol. The van der Waals surface area contributed by atoms with E-state index in [9.17, 15) is 15.0 Å². The number of hydrogen-bond acceptors (Lipinski definition) is 5. The number of carbonyl (C=O) groups excluding carboxylic acids is 1. The number of ether oxygens (including phenoxy) is 2. The van der Waals surface area contributed by atoms with Crippen molar-refractivity contribution in [2.45, 2.75) is 111 Å². The van der Waals surface area contributed by atoms with Crippen LogP contribution >= 0.6 is 0 Å². The standard InChI is InChI=1S/C31H46O5/c1-21(2)27-13-9-12-26(18-27)19-30-22(3)16-29(17-23(30)4)35-20-31(34)36-25(6)11-8-15-28(33)14-7-10-24(5)32/h9,12-13,16-18,21,24-25,28,32-33H,7-8,10-11,14-15,19-20H2,1-6H3. The molecule has 5 heteroatoms. The van der Waals surface area contributed by atoms with Gasteiger partial charge in [0.05, 0.1) is 18.3 Å². The molecule has 36 heavy (non-hydrogen) atoms. The molecule has 2 aromatic rings. The van der Waals surface area contributed by atoms with E-state index >= 15 is 0 Å². The summed E-state index contributed by atoms with van der Waals surface area (Å²) in [5.74, 6) is 0.794. The van der Waals surface area contributed by atoms with Crippen molar-refractivity contribution in [3.8, 4) is 5.75 Å². The molecule has 0 saturated heterocycles. The molecule has 0 aromatic heterocycles. The zero-order chi connectivity index (χ0) is 26.7. The first-order chi connectivity index (χ1) is 17.0. The van der Waals surface area contributed by atoms with Crippen LogP contribution in [-0.2, 0) is 16.0 Å². The van der Waals surface area contributed by atoms with Gasteiger partial charge in [0.25, 0.3) is 0 Å². The van der Waals surface area contributed by atoms with Gasteiger partial charge >= 0.3 is 5.97 Å². The Balaban J connectivity index is 1.78. The summed E-state index contributed by atoms with van der Waals surface area (Å²) in [6.45, 7) is 12.1. The summed E-state index contributed by atoms with van der Waals surface area (Å²) >= 11 is 0. The second-order valence-corrected chi connectivity index (χ2v) is 10.6. The lowest BCUT2D eigenvalue weighted by atomic mass is 9.93. The molecule has 0 bridgehead atoms. The van der Waals surface area contributed by atoms with Crippen molar-refractivity contribution in [1.82, 2.24) is 0 Å². The van der Waals surface area contributed by atoms with Crippen molar-refractivity contribution in [3.05, 3.63) is 64.2 Å². The highest BCUT2D eigenvalue weighted by atomic mass is 16.6. The molecule has 2 aromatic carbocycles. The fourth-order valence-corrected chi connectivity index (χ4v) is 4.48. The Morgan fingerprint density at radius 1 is 0.889 bits per heavy atom. The molecule has 0 amide bonds. The largest absolute Gasteiger partial charge is 0.482 e. The van der Waals surface area contributed by atoms with Crippen LogP contribution in [0.1, 0.15) is 100.0 Å². The first-order valence-electron chi connectivity index (χ1n) is 13.4. The van der Waals surface area contributed by atoms with Crippen LogP contribution < -0.4 is 4.74 Å². The number of benzene rings is 2. The molecule has 0 heterocycles. The third-order valence-corrected chi connectivity index (χ3v) is 6.66. The van der Waals surface area contributed by atoms with Crippen LogP contribution in [0, 0.1) is 13.8 Å². The summed E-state index contributed by atoms with van der Waals surface area (Å²) in [6.07, 6.45) is 4.31. The lowest BCUT2D eigenvalue weighted by molar-refractivity contribution is -0.151. The van der Waals surface area contributed by atoms with Crippen molar-refractivity contribution in [3.63, 3.8) is 0 Å². The minimum Gasteiger partial charge on any atom is -0.482 e. The summed E-state index contributed by atoms with van der Waals surface area (Å²) in [5.41, 5.74) is 6.22. The maximum atomic E-state index is 12.3. The average Bonchev–Trinajstić information content (AvgIpc) is 2.80. The Bertz CT molecular complexity index is 927. The van der Waals surface area contributed by atoms with E-state index in [1.165, 1.54) is 16.7 Å². The fourth-order valence-electron chi connectivity index (χ4n) is 4.48. The molecule has 200 valence electrons. The van der Waals surface area contributed by atoms with Crippen LogP contribution in [0.3, 0.4) is 0 Å². The van der Waals surface area contributed by atoms with E-state index in [0.717, 1.165) is 30.4 Å². The van der Waals surface area contributed by atoms with E-state index < -0.39 is 0 Å². The van der Waals surface area contributed by atoms with Crippen LogP contribution in [0.25, 0.3) is 0 Å². The monoisotopic (exact) mass is 498 g/mol. The van der Waals surface area contributed by atoms with E-state index in [1.54, 1.807) is 6.92 Å². The normalized spacial score (nSPS) is 13.9. The van der Waals surface area contributed by atoms with Gasteiger partial charge in [0.15, 0.2) is 6.61 Å². The summed E-state index contributed by atoms with van der Waals surface area (Å²) in [4.78, 5) is 12.3. The lowest BCUT2D eigenvalue weighted by Gasteiger charge is -2.17. The van der Waals surface area contributed by atoms with Gasteiger partial charge in [-0.15, -0.1) is 0 Å². The summed E-state index contributed by atoms with van der Waals surface area (Å²) < 4.78 is 11.2. The number of esters is 1. The second kappa shape index (κ2) is 15.0. The van der Waals surface area contributed by atoms with Crippen LogP contribution in [-0.4, -0.2) is 41.1 Å². The molecular weight excluding hydrogens is 452 g/mol. The summed E-state index contributed by atoms with van der Waals surface area (Å²) in [5, 5.41) is 19.3. The Hall–Kier alpha value is -2.37. The number of aryl methyl sites for hydroxylation is 2. The molecule has 3 atom stereocenters. The highest BCUT2D eigenvalue weighted by Crippen LogP contribution is 2.26. The SMILES string of the molecule is Cc1cc(OCC(=O)OC(C)CCCC(O)CCCC(C)O)cc(C)c1Cc1cccc(C(C)C)c1. The average molecular weight is 499 g/mol. The molecule has 0 fully saturated rings. The van der Waals surface area contributed by atoms with Crippen molar-refractivity contribution >= 4 is 5.97 Å². The zero-order valence-electron chi connectivity index (χ0n) is 23.0. The maximum Gasteiger partial charge on any atom is 0.344 e. The van der Waals surface area contributed by atoms with Gasteiger partial charge in [-0.25, -0.2) is 4.79 Å². The molecule has 2 N–H and O–H groups in total. The molecule has 0 spiro atoms.